The topological polar surface area (TPSA) is 77.0 Å². The van der Waals surface area contributed by atoms with Crippen molar-refractivity contribution in [3.05, 3.63) is 53.6 Å². The van der Waals surface area contributed by atoms with Crippen molar-refractivity contribution in [3.8, 4) is 17.2 Å². The lowest BCUT2D eigenvalue weighted by molar-refractivity contribution is -0.123. The van der Waals surface area contributed by atoms with Gasteiger partial charge in [0.25, 0.3) is 5.91 Å². The zero-order valence-corrected chi connectivity index (χ0v) is 14.6. The summed E-state index contributed by atoms with van der Waals surface area (Å²) in [7, 11) is 3.07. The van der Waals surface area contributed by atoms with E-state index in [2.05, 4.69) is 5.32 Å². The number of carbonyl (C=O) groups is 1. The van der Waals surface area contributed by atoms with Crippen LogP contribution in [-0.2, 0) is 4.79 Å². The molecule has 1 atom stereocenters. The van der Waals surface area contributed by atoms with E-state index >= 15 is 0 Å². The molecule has 0 fully saturated rings. The molecule has 0 aliphatic carbocycles. The fraction of sp³-hybridized carbons (Fsp3) is 0.316. The van der Waals surface area contributed by atoms with E-state index in [4.69, 9.17) is 14.2 Å². The molecule has 1 unspecified atom stereocenters. The fourth-order valence-corrected chi connectivity index (χ4v) is 2.22. The highest BCUT2D eigenvalue weighted by Crippen LogP contribution is 2.29. The lowest BCUT2D eigenvalue weighted by Crippen LogP contribution is -2.32. The standard InChI is InChI=1S/C19H23NO5/c1-13-4-7-15(8-5-13)25-12-19(22)20-11-16(21)14-6-9-17(23-2)18(10-14)24-3/h4-10,16,21H,11-12H2,1-3H3,(H,20,22). The van der Waals surface area contributed by atoms with Crippen LogP contribution in [0.2, 0.25) is 0 Å². The van der Waals surface area contributed by atoms with Gasteiger partial charge in [-0.2, -0.15) is 0 Å². The maximum Gasteiger partial charge on any atom is 0.258 e. The minimum atomic E-state index is -0.858. The number of ether oxygens (including phenoxy) is 3. The quantitative estimate of drug-likeness (QED) is 0.767. The van der Waals surface area contributed by atoms with Crippen LogP contribution in [0, 0.1) is 6.92 Å². The van der Waals surface area contributed by atoms with Crippen LogP contribution in [0.3, 0.4) is 0 Å². The van der Waals surface area contributed by atoms with Crippen molar-refractivity contribution in [3.63, 3.8) is 0 Å². The number of hydrogen-bond acceptors (Lipinski definition) is 5. The number of aliphatic hydroxyl groups is 1. The van der Waals surface area contributed by atoms with Gasteiger partial charge in [0.05, 0.1) is 20.3 Å². The van der Waals surface area contributed by atoms with Crippen LogP contribution in [0.25, 0.3) is 0 Å². The Labute approximate surface area is 147 Å². The number of benzene rings is 2. The number of amides is 1. The third-order valence-corrected chi connectivity index (χ3v) is 3.68. The van der Waals surface area contributed by atoms with Gasteiger partial charge in [0, 0.05) is 6.54 Å². The van der Waals surface area contributed by atoms with Gasteiger partial charge in [-0.15, -0.1) is 0 Å². The molecule has 6 nitrogen and oxygen atoms in total. The Morgan fingerprint density at radius 3 is 2.40 bits per heavy atom. The van der Waals surface area contributed by atoms with Gasteiger partial charge in [-0.05, 0) is 36.8 Å². The first-order valence-electron chi connectivity index (χ1n) is 7.89. The van der Waals surface area contributed by atoms with E-state index in [1.807, 2.05) is 19.1 Å². The maximum atomic E-state index is 11.9. The number of carbonyl (C=O) groups excluding carboxylic acids is 1. The summed E-state index contributed by atoms with van der Waals surface area (Å²) >= 11 is 0. The van der Waals surface area contributed by atoms with Crippen LogP contribution >= 0.6 is 0 Å². The third kappa shape index (κ3) is 5.39. The molecule has 2 rings (SSSR count). The molecular formula is C19H23NO5. The van der Waals surface area contributed by atoms with Crippen LogP contribution in [0.4, 0.5) is 0 Å². The monoisotopic (exact) mass is 345 g/mol. The van der Waals surface area contributed by atoms with Crippen molar-refractivity contribution in [2.45, 2.75) is 13.0 Å². The van der Waals surface area contributed by atoms with Crippen LogP contribution in [0.5, 0.6) is 17.2 Å². The van der Waals surface area contributed by atoms with E-state index in [1.165, 1.54) is 7.11 Å². The molecule has 6 heteroatoms. The summed E-state index contributed by atoms with van der Waals surface area (Å²) in [4.78, 5) is 11.9. The molecule has 0 aliphatic heterocycles. The molecule has 0 radical (unpaired) electrons. The average Bonchev–Trinajstić information content (AvgIpc) is 2.64. The Morgan fingerprint density at radius 2 is 1.76 bits per heavy atom. The molecule has 0 aliphatic rings. The Morgan fingerprint density at radius 1 is 1.08 bits per heavy atom. The molecule has 0 bridgehead atoms. The van der Waals surface area contributed by atoms with Gasteiger partial charge in [0.15, 0.2) is 18.1 Å². The highest BCUT2D eigenvalue weighted by atomic mass is 16.5. The lowest BCUT2D eigenvalue weighted by atomic mass is 10.1. The zero-order valence-electron chi connectivity index (χ0n) is 14.6. The summed E-state index contributed by atoms with van der Waals surface area (Å²) in [6.07, 6.45) is -0.858. The second-order valence-corrected chi connectivity index (χ2v) is 5.54. The number of nitrogens with one attached hydrogen (secondary N) is 1. The van der Waals surface area contributed by atoms with Crippen LogP contribution < -0.4 is 19.5 Å². The van der Waals surface area contributed by atoms with Gasteiger partial charge in [0.1, 0.15) is 5.75 Å². The summed E-state index contributed by atoms with van der Waals surface area (Å²) < 4.78 is 15.8. The fourth-order valence-electron chi connectivity index (χ4n) is 2.22. The SMILES string of the molecule is COc1ccc(C(O)CNC(=O)COc2ccc(C)cc2)cc1OC. The molecule has 1 amide bonds. The molecule has 0 saturated heterocycles. The first-order chi connectivity index (χ1) is 12.0. The third-order valence-electron chi connectivity index (χ3n) is 3.68. The molecule has 2 aromatic rings. The molecular weight excluding hydrogens is 322 g/mol. The zero-order chi connectivity index (χ0) is 18.2. The summed E-state index contributed by atoms with van der Waals surface area (Å²) in [5.74, 6) is 1.42. The Kier molecular flexibility index (Phi) is 6.65. The van der Waals surface area contributed by atoms with Gasteiger partial charge in [-0.3, -0.25) is 4.79 Å². The predicted octanol–water partition coefficient (Wildman–Crippen LogP) is 2.24. The first-order valence-corrected chi connectivity index (χ1v) is 7.89. The van der Waals surface area contributed by atoms with Gasteiger partial charge in [0.2, 0.25) is 0 Å². The molecule has 134 valence electrons. The maximum absolute atomic E-state index is 11.9. The molecule has 0 spiro atoms. The summed E-state index contributed by atoms with van der Waals surface area (Å²) in [6.45, 7) is 1.94. The highest BCUT2D eigenvalue weighted by Gasteiger charge is 2.13. The van der Waals surface area contributed by atoms with Crippen molar-refractivity contribution in [2.75, 3.05) is 27.4 Å². The normalized spacial score (nSPS) is 11.5. The Balaban J connectivity index is 1.83. The van der Waals surface area contributed by atoms with Crippen LogP contribution in [0.1, 0.15) is 17.2 Å². The second-order valence-electron chi connectivity index (χ2n) is 5.54. The van der Waals surface area contributed by atoms with Crippen molar-refractivity contribution in [1.82, 2.24) is 5.32 Å². The number of hydrogen-bond donors (Lipinski definition) is 2. The van der Waals surface area contributed by atoms with Crippen molar-refractivity contribution >= 4 is 5.91 Å². The first kappa shape index (κ1) is 18.6. The molecule has 0 heterocycles. The van der Waals surface area contributed by atoms with E-state index in [0.29, 0.717) is 22.8 Å². The molecule has 2 aromatic carbocycles. The van der Waals surface area contributed by atoms with Crippen molar-refractivity contribution in [1.29, 1.82) is 0 Å². The van der Waals surface area contributed by atoms with E-state index in [-0.39, 0.29) is 19.1 Å². The minimum Gasteiger partial charge on any atom is -0.493 e. The molecule has 0 saturated carbocycles. The molecule has 0 aromatic heterocycles. The number of methoxy groups -OCH3 is 2. The summed E-state index contributed by atoms with van der Waals surface area (Å²) in [5.41, 5.74) is 1.74. The minimum absolute atomic E-state index is 0.0750. The van der Waals surface area contributed by atoms with Gasteiger partial charge in [-0.1, -0.05) is 23.8 Å². The van der Waals surface area contributed by atoms with E-state index in [0.717, 1.165) is 5.56 Å². The number of aryl methyl sites for hydroxylation is 1. The summed E-state index contributed by atoms with van der Waals surface area (Å²) in [5, 5.41) is 12.9. The Bertz CT molecular complexity index is 699. The lowest BCUT2D eigenvalue weighted by Gasteiger charge is -2.15. The second kappa shape index (κ2) is 8.94. The van der Waals surface area contributed by atoms with Gasteiger partial charge in [-0.25, -0.2) is 0 Å². The van der Waals surface area contributed by atoms with Crippen LogP contribution in [0.15, 0.2) is 42.5 Å². The van der Waals surface area contributed by atoms with Gasteiger partial charge < -0.3 is 24.6 Å². The van der Waals surface area contributed by atoms with Crippen LogP contribution in [-0.4, -0.2) is 38.4 Å². The van der Waals surface area contributed by atoms with E-state index in [1.54, 1.807) is 37.4 Å². The smallest absolute Gasteiger partial charge is 0.258 e. The van der Waals surface area contributed by atoms with Crippen molar-refractivity contribution < 1.29 is 24.1 Å². The largest absolute Gasteiger partial charge is 0.493 e. The van der Waals surface area contributed by atoms with E-state index < -0.39 is 6.10 Å². The molecule has 2 N–H and O–H groups in total. The number of aliphatic hydroxyl groups excluding tert-OH is 1. The average molecular weight is 345 g/mol. The van der Waals surface area contributed by atoms with Crippen molar-refractivity contribution in [2.24, 2.45) is 0 Å². The van der Waals surface area contributed by atoms with Gasteiger partial charge >= 0.3 is 0 Å². The summed E-state index contributed by atoms with van der Waals surface area (Å²) in [6, 6.07) is 12.5. The highest BCUT2D eigenvalue weighted by molar-refractivity contribution is 5.77. The predicted molar refractivity (Wildman–Crippen MR) is 94.2 cm³/mol. The molecule has 25 heavy (non-hydrogen) atoms. The Hall–Kier alpha value is -2.73. The number of rotatable bonds is 8. The van der Waals surface area contributed by atoms with E-state index in [9.17, 15) is 9.90 Å².